The lowest BCUT2D eigenvalue weighted by molar-refractivity contribution is 0.602. The van der Waals surface area contributed by atoms with E-state index in [2.05, 4.69) is 22.5 Å². The molecule has 144 valence electrons. The normalized spacial score (nSPS) is 12.4. The Bertz CT molecular complexity index is 616. The average Bonchev–Trinajstić information content (AvgIpc) is 3.14. The van der Waals surface area contributed by atoms with Crippen molar-refractivity contribution in [2.45, 2.75) is 70.1 Å². The van der Waals surface area contributed by atoms with Crippen molar-refractivity contribution in [2.24, 2.45) is 0 Å². The van der Waals surface area contributed by atoms with Gasteiger partial charge in [-0.3, -0.25) is 0 Å². The van der Waals surface area contributed by atoms with Crippen LogP contribution in [0.4, 0.5) is 0 Å². The van der Waals surface area contributed by atoms with Crippen LogP contribution >= 0.6 is 35.0 Å². The van der Waals surface area contributed by atoms with Crippen LogP contribution < -0.4 is 0 Å². The van der Waals surface area contributed by atoms with E-state index >= 15 is 0 Å². The molecule has 0 bridgehead atoms. The summed E-state index contributed by atoms with van der Waals surface area (Å²) < 4.78 is 2.13. The molecule has 1 heterocycles. The van der Waals surface area contributed by atoms with Crippen molar-refractivity contribution in [3.8, 4) is 0 Å². The Balaban J connectivity index is 1.82. The minimum Gasteiger partial charge on any atom is -0.337 e. The van der Waals surface area contributed by atoms with E-state index in [1.807, 2.05) is 42.6 Å². The second-order valence-corrected chi connectivity index (χ2v) is 8.89. The molecular formula is C21H30Cl2N2S. The Morgan fingerprint density at radius 3 is 2.54 bits per heavy atom. The van der Waals surface area contributed by atoms with Crippen molar-refractivity contribution in [1.29, 1.82) is 0 Å². The number of benzene rings is 1. The Kier molecular flexibility index (Phi) is 10.6. The van der Waals surface area contributed by atoms with E-state index in [0.29, 0.717) is 10.3 Å². The van der Waals surface area contributed by atoms with Gasteiger partial charge in [-0.05, 0) is 36.3 Å². The lowest BCUT2D eigenvalue weighted by Gasteiger charge is -2.19. The first-order valence-corrected chi connectivity index (χ1v) is 11.5. The maximum atomic E-state index is 6.48. The molecule has 0 aliphatic carbocycles. The summed E-state index contributed by atoms with van der Waals surface area (Å²) in [7, 11) is 0. The largest absolute Gasteiger partial charge is 0.337 e. The molecule has 1 atom stereocenters. The van der Waals surface area contributed by atoms with Gasteiger partial charge in [0.25, 0.3) is 0 Å². The van der Waals surface area contributed by atoms with Gasteiger partial charge in [-0.15, -0.1) is 0 Å². The number of imidazole rings is 1. The van der Waals surface area contributed by atoms with E-state index < -0.39 is 0 Å². The molecule has 1 unspecified atom stereocenters. The van der Waals surface area contributed by atoms with Gasteiger partial charge < -0.3 is 4.57 Å². The van der Waals surface area contributed by atoms with Crippen LogP contribution in [-0.2, 0) is 6.54 Å². The van der Waals surface area contributed by atoms with Crippen LogP contribution in [0.25, 0.3) is 0 Å². The number of aromatic nitrogens is 2. The fourth-order valence-electron chi connectivity index (χ4n) is 3.06. The standard InChI is InChI=1S/C21H30Cl2N2S/c1-2-3-4-5-6-7-8-15-26-21(11-13-25-14-12-24-17-25)19-10-9-18(22)16-20(19)23/h9-10,12,14,16-17,21H,2-8,11,13,15H2,1H3. The van der Waals surface area contributed by atoms with Gasteiger partial charge in [-0.1, -0.05) is 74.7 Å². The van der Waals surface area contributed by atoms with Crippen molar-refractivity contribution >= 4 is 35.0 Å². The Hall–Kier alpha value is -0.640. The highest BCUT2D eigenvalue weighted by molar-refractivity contribution is 7.99. The fraction of sp³-hybridized carbons (Fsp3) is 0.571. The first kappa shape index (κ1) is 21.7. The monoisotopic (exact) mass is 412 g/mol. The Labute approximate surface area is 172 Å². The molecular weight excluding hydrogens is 383 g/mol. The third-order valence-electron chi connectivity index (χ3n) is 4.58. The average molecular weight is 413 g/mol. The van der Waals surface area contributed by atoms with E-state index in [1.165, 1.54) is 56.3 Å². The molecule has 0 N–H and O–H groups in total. The van der Waals surface area contributed by atoms with E-state index in [1.54, 1.807) is 0 Å². The Morgan fingerprint density at radius 1 is 1.08 bits per heavy atom. The van der Waals surface area contributed by atoms with Gasteiger partial charge in [0, 0.05) is 34.2 Å². The molecule has 0 fully saturated rings. The molecule has 1 aromatic heterocycles. The number of hydrogen-bond acceptors (Lipinski definition) is 2. The van der Waals surface area contributed by atoms with Crippen LogP contribution in [0, 0.1) is 0 Å². The summed E-state index contributed by atoms with van der Waals surface area (Å²) in [4.78, 5) is 4.13. The highest BCUT2D eigenvalue weighted by atomic mass is 35.5. The van der Waals surface area contributed by atoms with Gasteiger partial charge in [-0.2, -0.15) is 11.8 Å². The second-order valence-electron chi connectivity index (χ2n) is 6.74. The molecule has 2 aromatic rings. The van der Waals surface area contributed by atoms with Crippen LogP contribution in [0.1, 0.15) is 69.1 Å². The molecule has 0 amide bonds. The molecule has 0 spiro atoms. The summed E-state index contributed by atoms with van der Waals surface area (Å²) in [5, 5.41) is 1.87. The molecule has 0 saturated heterocycles. The lowest BCUT2D eigenvalue weighted by Crippen LogP contribution is -2.03. The molecule has 0 aliphatic heterocycles. The number of unbranched alkanes of at least 4 members (excludes halogenated alkanes) is 6. The van der Waals surface area contributed by atoms with Gasteiger partial charge in [0.15, 0.2) is 0 Å². The minimum atomic E-state index is 0.391. The highest BCUT2D eigenvalue weighted by Crippen LogP contribution is 2.38. The number of hydrogen-bond donors (Lipinski definition) is 0. The molecule has 0 saturated carbocycles. The van der Waals surface area contributed by atoms with Crippen molar-refractivity contribution in [3.63, 3.8) is 0 Å². The highest BCUT2D eigenvalue weighted by Gasteiger charge is 2.16. The predicted molar refractivity (Wildman–Crippen MR) is 116 cm³/mol. The van der Waals surface area contributed by atoms with Gasteiger partial charge in [0.2, 0.25) is 0 Å². The number of aryl methyl sites for hydroxylation is 1. The summed E-state index contributed by atoms with van der Waals surface area (Å²) in [6.45, 7) is 3.22. The van der Waals surface area contributed by atoms with Crippen molar-refractivity contribution in [1.82, 2.24) is 9.55 Å². The number of rotatable bonds is 13. The van der Waals surface area contributed by atoms with Crippen LogP contribution in [-0.4, -0.2) is 15.3 Å². The van der Waals surface area contributed by atoms with E-state index in [0.717, 1.165) is 18.0 Å². The molecule has 26 heavy (non-hydrogen) atoms. The Morgan fingerprint density at radius 2 is 1.85 bits per heavy atom. The van der Waals surface area contributed by atoms with E-state index in [9.17, 15) is 0 Å². The maximum Gasteiger partial charge on any atom is 0.0945 e. The molecule has 0 radical (unpaired) electrons. The number of thioether (sulfide) groups is 1. The third-order valence-corrected chi connectivity index (χ3v) is 6.56. The topological polar surface area (TPSA) is 17.8 Å². The molecule has 5 heteroatoms. The number of halogens is 2. The van der Waals surface area contributed by atoms with E-state index in [4.69, 9.17) is 23.2 Å². The zero-order valence-corrected chi connectivity index (χ0v) is 18.0. The first-order valence-electron chi connectivity index (χ1n) is 9.73. The summed E-state index contributed by atoms with van der Waals surface area (Å²) in [5.74, 6) is 1.18. The van der Waals surface area contributed by atoms with Crippen LogP contribution in [0.2, 0.25) is 10.0 Å². The quantitative estimate of drug-likeness (QED) is 0.312. The second kappa shape index (κ2) is 12.7. The fourth-order valence-corrected chi connectivity index (χ4v) is 4.98. The predicted octanol–water partition coefficient (Wildman–Crippen LogP) is 7.81. The lowest BCUT2D eigenvalue weighted by atomic mass is 10.1. The molecule has 1 aromatic carbocycles. The van der Waals surface area contributed by atoms with E-state index in [-0.39, 0.29) is 0 Å². The zero-order valence-electron chi connectivity index (χ0n) is 15.7. The minimum absolute atomic E-state index is 0.391. The maximum absolute atomic E-state index is 6.48. The van der Waals surface area contributed by atoms with Gasteiger partial charge in [0.1, 0.15) is 0 Å². The van der Waals surface area contributed by atoms with Gasteiger partial charge in [0.05, 0.1) is 6.33 Å². The van der Waals surface area contributed by atoms with Gasteiger partial charge >= 0.3 is 0 Å². The van der Waals surface area contributed by atoms with Gasteiger partial charge in [-0.25, -0.2) is 4.98 Å². The zero-order chi connectivity index (χ0) is 18.6. The van der Waals surface area contributed by atoms with Crippen LogP contribution in [0.15, 0.2) is 36.9 Å². The summed E-state index contributed by atoms with van der Waals surface area (Å²) in [6.07, 6.45) is 16.2. The summed E-state index contributed by atoms with van der Waals surface area (Å²) in [6, 6.07) is 5.89. The number of nitrogens with zero attached hydrogens (tertiary/aromatic N) is 2. The smallest absolute Gasteiger partial charge is 0.0945 e. The SMILES string of the molecule is CCCCCCCCCSC(CCn1ccnc1)c1ccc(Cl)cc1Cl. The molecule has 2 nitrogen and oxygen atoms in total. The van der Waals surface area contributed by atoms with Crippen LogP contribution in [0.5, 0.6) is 0 Å². The molecule has 0 aliphatic rings. The summed E-state index contributed by atoms with van der Waals surface area (Å²) >= 11 is 14.6. The van der Waals surface area contributed by atoms with Crippen molar-refractivity contribution in [2.75, 3.05) is 5.75 Å². The molecule has 2 rings (SSSR count). The summed E-state index contributed by atoms with van der Waals surface area (Å²) in [5.41, 5.74) is 1.20. The third kappa shape index (κ3) is 7.94. The van der Waals surface area contributed by atoms with Crippen molar-refractivity contribution < 1.29 is 0 Å². The van der Waals surface area contributed by atoms with Crippen molar-refractivity contribution in [3.05, 3.63) is 52.5 Å². The van der Waals surface area contributed by atoms with Crippen LogP contribution in [0.3, 0.4) is 0 Å². The first-order chi connectivity index (χ1) is 12.7.